The topological polar surface area (TPSA) is 64.1 Å². The fourth-order valence-electron chi connectivity index (χ4n) is 2.10. The molecule has 0 atom stereocenters. The third-order valence-electron chi connectivity index (χ3n) is 3.25. The molecule has 5 nitrogen and oxygen atoms in total. The van der Waals surface area contributed by atoms with E-state index in [0.717, 1.165) is 31.3 Å². The molecular formula is C16H13BrClN3O2S2. The van der Waals surface area contributed by atoms with Crippen LogP contribution in [-0.2, 0) is 4.79 Å². The summed E-state index contributed by atoms with van der Waals surface area (Å²) in [6.45, 7) is 3.68. The second kappa shape index (κ2) is 7.82. The van der Waals surface area contributed by atoms with Crippen LogP contribution in [-0.4, -0.2) is 21.9 Å². The zero-order valence-corrected chi connectivity index (χ0v) is 17.3. The number of aryl methyl sites for hydroxylation is 2. The van der Waals surface area contributed by atoms with Crippen LogP contribution < -0.4 is 10.1 Å². The quantitative estimate of drug-likeness (QED) is 0.562. The Morgan fingerprint density at radius 3 is 2.68 bits per heavy atom. The van der Waals surface area contributed by atoms with Crippen molar-refractivity contribution in [2.24, 2.45) is 0 Å². The fourth-order valence-corrected chi connectivity index (χ4v) is 4.19. The summed E-state index contributed by atoms with van der Waals surface area (Å²) >= 11 is 12.2. The van der Waals surface area contributed by atoms with Gasteiger partial charge < -0.3 is 4.74 Å². The maximum Gasteiger partial charge on any atom is 0.264 e. The van der Waals surface area contributed by atoms with Gasteiger partial charge in [0.1, 0.15) is 5.75 Å². The molecule has 130 valence electrons. The second-order valence-electron chi connectivity index (χ2n) is 5.23. The molecule has 0 bridgehead atoms. The number of benzene rings is 1. The van der Waals surface area contributed by atoms with E-state index in [2.05, 4.69) is 30.6 Å². The first-order valence-corrected chi connectivity index (χ1v) is 9.97. The van der Waals surface area contributed by atoms with Crippen LogP contribution >= 0.6 is 50.4 Å². The summed E-state index contributed by atoms with van der Waals surface area (Å²) in [6.07, 6.45) is 0. The van der Waals surface area contributed by atoms with Gasteiger partial charge >= 0.3 is 0 Å². The van der Waals surface area contributed by atoms with Crippen LogP contribution in [0.25, 0.3) is 10.7 Å². The molecule has 0 saturated carbocycles. The zero-order chi connectivity index (χ0) is 18.0. The first kappa shape index (κ1) is 18.3. The number of halogens is 2. The van der Waals surface area contributed by atoms with Crippen molar-refractivity contribution in [1.82, 2.24) is 9.36 Å². The number of hydrogen-bond donors (Lipinski definition) is 1. The van der Waals surface area contributed by atoms with Gasteiger partial charge in [-0.15, -0.1) is 11.3 Å². The van der Waals surface area contributed by atoms with Crippen LogP contribution in [0, 0.1) is 13.8 Å². The van der Waals surface area contributed by atoms with Gasteiger partial charge in [-0.1, -0.05) is 11.6 Å². The summed E-state index contributed by atoms with van der Waals surface area (Å²) in [6, 6.07) is 7.47. The van der Waals surface area contributed by atoms with Crippen molar-refractivity contribution in [1.29, 1.82) is 0 Å². The summed E-state index contributed by atoms with van der Waals surface area (Å²) in [4.78, 5) is 17.3. The second-order valence-corrected chi connectivity index (χ2v) is 8.83. The highest BCUT2D eigenvalue weighted by molar-refractivity contribution is 9.11. The third kappa shape index (κ3) is 4.58. The zero-order valence-electron chi connectivity index (χ0n) is 13.3. The minimum Gasteiger partial charge on any atom is -0.484 e. The monoisotopic (exact) mass is 457 g/mol. The number of ether oxygens (including phenoxy) is 1. The molecule has 2 aromatic heterocycles. The van der Waals surface area contributed by atoms with Gasteiger partial charge in [0.05, 0.1) is 8.66 Å². The third-order valence-corrected chi connectivity index (χ3v) is 6.09. The molecule has 1 aromatic carbocycles. The summed E-state index contributed by atoms with van der Waals surface area (Å²) < 4.78 is 10.8. The highest BCUT2D eigenvalue weighted by atomic mass is 79.9. The number of rotatable bonds is 5. The van der Waals surface area contributed by atoms with Gasteiger partial charge in [-0.05, 0) is 65.2 Å². The van der Waals surface area contributed by atoms with Crippen molar-refractivity contribution in [2.45, 2.75) is 13.8 Å². The maximum absolute atomic E-state index is 12.0. The first-order chi connectivity index (χ1) is 11.9. The van der Waals surface area contributed by atoms with Gasteiger partial charge in [-0.3, -0.25) is 10.1 Å². The lowest BCUT2D eigenvalue weighted by molar-refractivity contribution is -0.118. The molecule has 0 fully saturated rings. The first-order valence-electron chi connectivity index (χ1n) is 7.21. The smallest absolute Gasteiger partial charge is 0.264 e. The molecule has 0 aliphatic rings. The normalized spacial score (nSPS) is 10.7. The standard InChI is InChI=1S/C16H13BrClN3O2S2/c1-8-5-10(6-9(2)14(8)18)23-7-13(22)19-16-20-15(21-25-16)11-3-4-12(17)24-11/h3-6H,7H2,1-2H3,(H,19,20,21,22). The highest BCUT2D eigenvalue weighted by Crippen LogP contribution is 2.31. The van der Waals surface area contributed by atoms with Gasteiger partial charge in [0, 0.05) is 16.6 Å². The Morgan fingerprint density at radius 2 is 2.04 bits per heavy atom. The summed E-state index contributed by atoms with van der Waals surface area (Å²) in [5.74, 6) is 0.914. The van der Waals surface area contributed by atoms with Crippen molar-refractivity contribution in [3.05, 3.63) is 44.2 Å². The molecule has 1 amide bonds. The number of aromatic nitrogens is 2. The number of hydrogen-bond acceptors (Lipinski definition) is 6. The van der Waals surface area contributed by atoms with E-state index in [1.165, 1.54) is 11.3 Å². The Labute approximate surface area is 166 Å². The number of amides is 1. The number of carbonyl (C=O) groups excluding carboxylic acids is 1. The van der Waals surface area contributed by atoms with E-state index < -0.39 is 0 Å². The Hall–Kier alpha value is -1.48. The summed E-state index contributed by atoms with van der Waals surface area (Å²) in [7, 11) is 0. The largest absolute Gasteiger partial charge is 0.484 e. The van der Waals surface area contributed by atoms with Crippen LogP contribution in [0.1, 0.15) is 11.1 Å². The maximum atomic E-state index is 12.0. The predicted octanol–water partition coefficient (Wildman–Crippen LogP) is 5.32. The van der Waals surface area contributed by atoms with Crippen molar-refractivity contribution >= 4 is 61.4 Å². The van der Waals surface area contributed by atoms with Crippen molar-refractivity contribution in [3.8, 4) is 16.5 Å². The molecule has 1 N–H and O–H groups in total. The van der Waals surface area contributed by atoms with Crippen molar-refractivity contribution in [3.63, 3.8) is 0 Å². The molecular weight excluding hydrogens is 446 g/mol. The molecule has 0 spiro atoms. The van der Waals surface area contributed by atoms with E-state index in [-0.39, 0.29) is 12.5 Å². The van der Waals surface area contributed by atoms with Crippen LogP contribution in [0.2, 0.25) is 5.02 Å². The summed E-state index contributed by atoms with van der Waals surface area (Å²) in [5, 5.41) is 3.85. The molecule has 0 aliphatic heterocycles. The van der Waals surface area contributed by atoms with Gasteiger partial charge in [0.25, 0.3) is 5.91 Å². The number of anilines is 1. The number of nitrogens with zero attached hydrogens (tertiary/aromatic N) is 2. The molecule has 0 saturated heterocycles. The van der Waals surface area contributed by atoms with E-state index >= 15 is 0 Å². The Bertz CT molecular complexity index is 903. The van der Waals surface area contributed by atoms with Crippen molar-refractivity contribution < 1.29 is 9.53 Å². The van der Waals surface area contributed by atoms with Crippen molar-refractivity contribution in [2.75, 3.05) is 11.9 Å². The predicted molar refractivity (Wildman–Crippen MR) is 106 cm³/mol. The van der Waals surface area contributed by atoms with Crippen LogP contribution in [0.3, 0.4) is 0 Å². The van der Waals surface area contributed by atoms with E-state index in [1.54, 1.807) is 12.1 Å². The van der Waals surface area contributed by atoms with Crippen LogP contribution in [0.4, 0.5) is 5.13 Å². The Balaban J connectivity index is 1.59. The lowest BCUT2D eigenvalue weighted by atomic mass is 10.1. The van der Waals surface area contributed by atoms with E-state index in [4.69, 9.17) is 16.3 Å². The number of nitrogens with one attached hydrogen (secondary N) is 1. The Morgan fingerprint density at radius 1 is 1.32 bits per heavy atom. The lowest BCUT2D eigenvalue weighted by Crippen LogP contribution is -2.20. The molecule has 0 unspecified atom stereocenters. The average Bonchev–Trinajstić information content (AvgIpc) is 3.19. The van der Waals surface area contributed by atoms with E-state index in [1.807, 2.05) is 26.0 Å². The Kier molecular flexibility index (Phi) is 5.73. The molecule has 0 aliphatic carbocycles. The fraction of sp³-hybridized carbons (Fsp3) is 0.188. The van der Waals surface area contributed by atoms with Gasteiger partial charge in [0.2, 0.25) is 5.13 Å². The molecule has 2 heterocycles. The number of thiophene rings is 1. The lowest BCUT2D eigenvalue weighted by Gasteiger charge is -2.09. The molecule has 3 aromatic rings. The van der Waals surface area contributed by atoms with Crippen LogP contribution in [0.15, 0.2) is 28.1 Å². The highest BCUT2D eigenvalue weighted by Gasteiger charge is 2.12. The van der Waals surface area contributed by atoms with E-state index in [0.29, 0.717) is 21.7 Å². The molecule has 3 rings (SSSR count). The van der Waals surface area contributed by atoms with Crippen LogP contribution in [0.5, 0.6) is 5.75 Å². The summed E-state index contributed by atoms with van der Waals surface area (Å²) in [5.41, 5.74) is 1.82. The van der Waals surface area contributed by atoms with Gasteiger partial charge in [-0.25, -0.2) is 0 Å². The minimum atomic E-state index is -0.291. The molecule has 25 heavy (non-hydrogen) atoms. The number of carbonyl (C=O) groups is 1. The van der Waals surface area contributed by atoms with Gasteiger partial charge in [0.15, 0.2) is 12.4 Å². The SMILES string of the molecule is Cc1cc(OCC(=O)Nc2nc(-c3ccc(Br)s3)ns2)cc(C)c1Cl. The van der Waals surface area contributed by atoms with E-state index in [9.17, 15) is 4.79 Å². The minimum absolute atomic E-state index is 0.111. The average molecular weight is 459 g/mol. The van der Waals surface area contributed by atoms with Gasteiger partial charge in [-0.2, -0.15) is 9.36 Å². The molecule has 9 heteroatoms. The molecule has 0 radical (unpaired) electrons.